The molecule has 0 N–H and O–H groups in total. The van der Waals surface area contributed by atoms with Gasteiger partial charge in [-0.2, -0.15) is 5.10 Å². The number of carbonyl (C=O) groups is 1. The van der Waals surface area contributed by atoms with Gasteiger partial charge in [0, 0.05) is 31.5 Å². The molecule has 1 amide bonds. The van der Waals surface area contributed by atoms with Crippen LogP contribution in [0.3, 0.4) is 0 Å². The van der Waals surface area contributed by atoms with Gasteiger partial charge in [0.05, 0.1) is 35.6 Å². The molecule has 0 saturated heterocycles. The van der Waals surface area contributed by atoms with Crippen LogP contribution in [0.5, 0.6) is 0 Å². The third-order valence-corrected chi connectivity index (χ3v) is 5.55. The van der Waals surface area contributed by atoms with Crippen molar-refractivity contribution in [1.82, 2.24) is 19.5 Å². The molecule has 5 nitrogen and oxygen atoms in total. The number of alkyl halides is 1. The lowest BCUT2D eigenvalue weighted by molar-refractivity contribution is 0.0763. The van der Waals surface area contributed by atoms with Crippen molar-refractivity contribution in [2.24, 2.45) is 0 Å². The van der Waals surface area contributed by atoms with Crippen molar-refractivity contribution in [3.05, 3.63) is 89.0 Å². The minimum Gasteiger partial charge on any atom is -0.328 e. The van der Waals surface area contributed by atoms with Gasteiger partial charge >= 0.3 is 0 Å². The fraction of sp³-hybridized carbons (Fsp3) is 0.136. The molecule has 0 saturated carbocycles. The monoisotopic (exact) mass is 470 g/mol. The molecule has 0 spiro atoms. The summed E-state index contributed by atoms with van der Waals surface area (Å²) in [6.07, 6.45) is 3.21. The van der Waals surface area contributed by atoms with Gasteiger partial charge in [-0.15, -0.1) is 0 Å². The second kappa shape index (κ2) is 7.28. The summed E-state index contributed by atoms with van der Waals surface area (Å²) >= 11 is 2.94. The lowest BCUT2D eigenvalue weighted by Gasteiger charge is -2.17. The molecule has 4 aromatic rings. The Kier molecular flexibility index (Phi) is 4.04. The van der Waals surface area contributed by atoms with Gasteiger partial charge in [-0.05, 0) is 42.0 Å². The van der Waals surface area contributed by atoms with Crippen molar-refractivity contribution in [2.75, 3.05) is 0 Å². The molecule has 0 atom stereocenters. The minimum absolute atomic E-state index is 0.142. The molecule has 0 bridgehead atoms. The molecule has 1 aliphatic rings. The van der Waals surface area contributed by atoms with Crippen LogP contribution in [-0.4, -0.2) is 25.4 Å². The Labute approximate surface area is 181 Å². The molecule has 8 heteroatoms. The second-order valence-electron chi connectivity index (χ2n) is 6.95. The number of aromatic nitrogens is 3. The van der Waals surface area contributed by atoms with E-state index in [4.69, 9.17) is 2.74 Å². The van der Waals surface area contributed by atoms with Crippen LogP contribution >= 0.6 is 15.9 Å². The highest BCUT2D eigenvalue weighted by Crippen LogP contribution is 2.30. The number of amides is 1. The van der Waals surface area contributed by atoms with Gasteiger partial charge in [-0.25, -0.2) is 13.3 Å². The Morgan fingerprint density at radius 3 is 2.63 bits per heavy atom. The van der Waals surface area contributed by atoms with E-state index in [-0.39, 0.29) is 35.8 Å². The number of rotatable bonds is 4. The first-order valence-corrected chi connectivity index (χ1v) is 9.91. The van der Waals surface area contributed by atoms with Gasteiger partial charge in [-0.3, -0.25) is 9.78 Å². The largest absolute Gasteiger partial charge is 0.328 e. The summed E-state index contributed by atoms with van der Waals surface area (Å²) in [7, 11) is 0. The van der Waals surface area contributed by atoms with E-state index < -0.39 is 16.9 Å². The summed E-state index contributed by atoms with van der Waals surface area (Å²) in [5.74, 6) is -1.85. The van der Waals surface area contributed by atoms with Crippen molar-refractivity contribution in [1.29, 1.82) is 0 Å². The van der Waals surface area contributed by atoms with Crippen LogP contribution in [0.4, 0.5) is 8.78 Å². The van der Waals surface area contributed by atoms with E-state index in [0.29, 0.717) is 22.3 Å². The zero-order valence-corrected chi connectivity index (χ0v) is 17.0. The Hall–Kier alpha value is -3.13. The zero-order chi connectivity index (χ0) is 22.6. The van der Waals surface area contributed by atoms with Crippen molar-refractivity contribution < 1.29 is 16.3 Å². The molecular formula is C22H15BrF2N4O. The van der Waals surface area contributed by atoms with E-state index in [2.05, 4.69) is 26.0 Å². The summed E-state index contributed by atoms with van der Waals surface area (Å²) in [6, 6.07) is 10.6. The summed E-state index contributed by atoms with van der Waals surface area (Å²) in [5, 5.41) is 2.34. The lowest BCUT2D eigenvalue weighted by atomic mass is 10.0. The predicted molar refractivity (Wildman–Crippen MR) is 111 cm³/mol. The quantitative estimate of drug-likeness (QED) is 0.405. The highest BCUT2D eigenvalue weighted by Gasteiger charge is 2.29. The van der Waals surface area contributed by atoms with Crippen LogP contribution in [-0.2, 0) is 18.4 Å². The SMILES string of the molecule is [2H]C([2H])(Br)c1cc2c(-c3cc(F)c(CN4Cc5ncccc5C4=O)c(F)c3)cccn2n1. The number of hydrogen-bond acceptors (Lipinski definition) is 3. The van der Waals surface area contributed by atoms with Crippen LogP contribution in [0.15, 0.2) is 54.9 Å². The van der Waals surface area contributed by atoms with E-state index in [1.807, 2.05) is 0 Å². The van der Waals surface area contributed by atoms with Crippen LogP contribution < -0.4 is 0 Å². The Bertz CT molecular complexity index is 1360. The smallest absolute Gasteiger partial charge is 0.256 e. The highest BCUT2D eigenvalue weighted by atomic mass is 79.9. The molecule has 0 radical (unpaired) electrons. The van der Waals surface area contributed by atoms with Crippen LogP contribution in [0.1, 0.15) is 30.1 Å². The topological polar surface area (TPSA) is 50.5 Å². The molecule has 0 aliphatic carbocycles. The molecule has 30 heavy (non-hydrogen) atoms. The van der Waals surface area contributed by atoms with Crippen LogP contribution in [0.2, 0.25) is 0 Å². The summed E-state index contributed by atoms with van der Waals surface area (Å²) < 4.78 is 47.1. The van der Waals surface area contributed by atoms with Crippen LogP contribution in [0.25, 0.3) is 16.6 Å². The zero-order valence-electron chi connectivity index (χ0n) is 17.4. The first-order chi connectivity index (χ1) is 15.2. The van der Waals surface area contributed by atoms with Gasteiger partial charge in [0.1, 0.15) is 11.6 Å². The first kappa shape index (κ1) is 16.6. The number of fused-ring (bicyclic) bond motifs is 2. The fourth-order valence-electron chi connectivity index (χ4n) is 3.72. The maximum absolute atomic E-state index is 15.0. The number of hydrogen-bond donors (Lipinski definition) is 0. The van der Waals surface area contributed by atoms with E-state index in [1.165, 1.54) is 27.6 Å². The first-order valence-electron chi connectivity index (χ1n) is 10.1. The molecule has 150 valence electrons. The average molecular weight is 471 g/mol. The Morgan fingerprint density at radius 2 is 1.90 bits per heavy atom. The van der Waals surface area contributed by atoms with Gasteiger partial charge in [-0.1, -0.05) is 22.0 Å². The van der Waals surface area contributed by atoms with E-state index in [9.17, 15) is 4.79 Å². The molecule has 5 rings (SSSR count). The van der Waals surface area contributed by atoms with E-state index >= 15 is 8.78 Å². The molecule has 1 aliphatic heterocycles. The molecule has 4 heterocycles. The number of benzene rings is 1. The fourth-order valence-corrected chi connectivity index (χ4v) is 3.91. The average Bonchev–Trinajstić information content (AvgIpc) is 3.32. The normalized spacial score (nSPS) is 14.8. The van der Waals surface area contributed by atoms with Crippen molar-refractivity contribution >= 4 is 27.4 Å². The van der Waals surface area contributed by atoms with Gasteiger partial charge in [0.15, 0.2) is 0 Å². The second-order valence-corrected chi connectivity index (χ2v) is 7.35. The van der Waals surface area contributed by atoms with Crippen molar-refractivity contribution in [2.45, 2.75) is 18.4 Å². The van der Waals surface area contributed by atoms with Gasteiger partial charge in [0.2, 0.25) is 0 Å². The van der Waals surface area contributed by atoms with E-state index in [1.54, 1.807) is 36.7 Å². The molecule has 1 aromatic carbocycles. The minimum atomic E-state index is -1.84. The van der Waals surface area contributed by atoms with Crippen LogP contribution in [0, 0.1) is 11.6 Å². The number of pyridine rings is 2. The molecule has 3 aromatic heterocycles. The molecule has 0 unspecified atom stereocenters. The van der Waals surface area contributed by atoms with Crippen molar-refractivity contribution in [3.8, 4) is 11.1 Å². The Balaban J connectivity index is 1.50. The number of halogens is 3. The highest BCUT2D eigenvalue weighted by molar-refractivity contribution is 9.08. The standard InChI is InChI=1S/C22H15BrF2N4O/c23-10-14-9-21-15(4-2-6-29(21)27-14)13-7-18(24)17(19(25)8-13)11-28-12-20-16(22(28)30)3-1-5-26-20/h1-9H,10-12H2/i10D2. The summed E-state index contributed by atoms with van der Waals surface area (Å²) in [4.78, 5) is 18.1. The summed E-state index contributed by atoms with van der Waals surface area (Å²) in [5.41, 5.74) is 2.27. The Morgan fingerprint density at radius 1 is 1.13 bits per heavy atom. The predicted octanol–water partition coefficient (Wildman–Crippen LogP) is 4.73. The molecule has 0 fully saturated rings. The maximum Gasteiger partial charge on any atom is 0.256 e. The third kappa shape index (κ3) is 3.08. The number of nitrogens with zero attached hydrogens (tertiary/aromatic N) is 4. The third-order valence-electron chi connectivity index (χ3n) is 5.15. The van der Waals surface area contributed by atoms with E-state index in [0.717, 1.165) is 0 Å². The van der Waals surface area contributed by atoms with Gasteiger partial charge < -0.3 is 4.90 Å². The molecular weight excluding hydrogens is 454 g/mol. The lowest BCUT2D eigenvalue weighted by Crippen LogP contribution is -2.24. The van der Waals surface area contributed by atoms with Gasteiger partial charge in [0.25, 0.3) is 5.91 Å². The maximum atomic E-state index is 15.0. The number of carbonyl (C=O) groups excluding carboxylic acids is 1. The summed E-state index contributed by atoms with van der Waals surface area (Å²) in [6.45, 7) is -0.0138. The van der Waals surface area contributed by atoms with Crippen molar-refractivity contribution in [3.63, 3.8) is 0 Å².